The van der Waals surface area contributed by atoms with Crippen LogP contribution in [0.5, 0.6) is 0 Å². The van der Waals surface area contributed by atoms with Crippen LogP contribution in [0.4, 0.5) is 0 Å². The van der Waals surface area contributed by atoms with Crippen LogP contribution in [-0.2, 0) is 6.54 Å². The summed E-state index contributed by atoms with van der Waals surface area (Å²) in [4.78, 5) is 12.7. The number of carbonyl (C=O) groups excluding carboxylic acids is 1. The lowest BCUT2D eigenvalue weighted by Gasteiger charge is -2.12. The fourth-order valence-corrected chi connectivity index (χ4v) is 2.70. The van der Waals surface area contributed by atoms with Crippen molar-refractivity contribution in [2.24, 2.45) is 0 Å². The second-order valence-electron chi connectivity index (χ2n) is 5.44. The van der Waals surface area contributed by atoms with Gasteiger partial charge in [-0.3, -0.25) is 4.79 Å². The summed E-state index contributed by atoms with van der Waals surface area (Å²) in [6.07, 6.45) is 10.2. The van der Waals surface area contributed by atoms with Crippen LogP contribution in [-0.4, -0.2) is 5.78 Å². The third-order valence-corrected chi connectivity index (χ3v) is 3.86. The van der Waals surface area contributed by atoms with Crippen LogP contribution in [0.25, 0.3) is 5.70 Å². The molecule has 5 nitrogen and oxygen atoms in total. The first-order valence-electron chi connectivity index (χ1n) is 7.84. The van der Waals surface area contributed by atoms with E-state index in [9.17, 15) is 4.79 Å². The molecular weight excluding hydrogens is 318 g/mol. The zero-order valence-electron chi connectivity index (χ0n) is 13.3. The number of hydrogen-bond acceptors (Lipinski definition) is 5. The zero-order valence-corrected chi connectivity index (χ0v) is 13.3. The predicted octanol–water partition coefficient (Wildman–Crippen LogP) is 4.35. The Hall–Kier alpha value is -3.47. The average molecular weight is 333 g/mol. The topological polar surface area (TPSA) is 68.5 Å². The Morgan fingerprint density at radius 1 is 0.920 bits per heavy atom. The molecule has 25 heavy (non-hydrogen) atoms. The van der Waals surface area contributed by atoms with Gasteiger partial charge in [-0.2, -0.15) is 0 Å². The van der Waals surface area contributed by atoms with Crippen molar-refractivity contribution in [2.45, 2.75) is 6.54 Å². The lowest BCUT2D eigenvalue weighted by molar-refractivity contribution is 0.101. The number of carbonyl (C=O) groups is 1. The predicted molar refractivity (Wildman–Crippen MR) is 91.4 cm³/mol. The third-order valence-electron chi connectivity index (χ3n) is 3.86. The molecule has 0 aromatic carbocycles. The third kappa shape index (κ3) is 2.99. The Morgan fingerprint density at radius 3 is 2.32 bits per heavy atom. The van der Waals surface area contributed by atoms with Gasteiger partial charge in [0, 0.05) is 11.1 Å². The van der Waals surface area contributed by atoms with Crippen molar-refractivity contribution in [2.75, 3.05) is 0 Å². The van der Waals surface area contributed by atoms with Gasteiger partial charge in [0.2, 0.25) is 5.78 Å². The molecule has 0 fully saturated rings. The van der Waals surface area contributed by atoms with Gasteiger partial charge in [0.05, 0.1) is 31.0 Å². The lowest BCUT2D eigenvalue weighted by Crippen LogP contribution is -2.15. The summed E-state index contributed by atoms with van der Waals surface area (Å²) in [5, 5.41) is 3.31. The minimum absolute atomic E-state index is 0.172. The number of Topliss-reactive ketones (excluding diaryl/α,β-unsaturated/α-hetero) is 1. The van der Waals surface area contributed by atoms with E-state index in [1.807, 2.05) is 30.4 Å². The van der Waals surface area contributed by atoms with Crippen LogP contribution in [0.15, 0.2) is 97.8 Å². The second-order valence-corrected chi connectivity index (χ2v) is 5.44. The van der Waals surface area contributed by atoms with Crippen molar-refractivity contribution < 1.29 is 18.0 Å². The molecule has 124 valence electrons. The molecule has 1 aliphatic carbocycles. The van der Waals surface area contributed by atoms with E-state index in [4.69, 9.17) is 13.3 Å². The Labute approximate surface area is 143 Å². The Kier molecular flexibility index (Phi) is 3.96. The maximum absolute atomic E-state index is 12.7. The van der Waals surface area contributed by atoms with E-state index in [1.54, 1.807) is 36.8 Å². The molecule has 5 heteroatoms. The van der Waals surface area contributed by atoms with E-state index in [2.05, 4.69) is 5.32 Å². The molecule has 0 unspecified atom stereocenters. The zero-order chi connectivity index (χ0) is 17.1. The van der Waals surface area contributed by atoms with E-state index in [0.717, 1.165) is 17.0 Å². The van der Waals surface area contributed by atoms with Crippen LogP contribution in [0.2, 0.25) is 0 Å². The van der Waals surface area contributed by atoms with Gasteiger partial charge in [0.15, 0.2) is 5.76 Å². The average Bonchev–Trinajstić information content (AvgIpc) is 3.43. The highest BCUT2D eigenvalue weighted by Gasteiger charge is 2.24. The van der Waals surface area contributed by atoms with E-state index in [-0.39, 0.29) is 5.78 Å². The number of ketones is 1. The fourth-order valence-electron chi connectivity index (χ4n) is 2.70. The largest absolute Gasteiger partial charge is 0.467 e. The monoisotopic (exact) mass is 333 g/mol. The highest BCUT2D eigenvalue weighted by atomic mass is 16.3. The summed E-state index contributed by atoms with van der Waals surface area (Å²) >= 11 is 0. The number of furan rings is 3. The molecule has 4 rings (SSSR count). The van der Waals surface area contributed by atoms with Crippen molar-refractivity contribution in [3.63, 3.8) is 0 Å². The minimum atomic E-state index is -0.172. The lowest BCUT2D eigenvalue weighted by atomic mass is 10.0. The van der Waals surface area contributed by atoms with Gasteiger partial charge < -0.3 is 18.6 Å². The number of nitrogens with one attached hydrogen (secondary N) is 1. The molecular formula is C20H15NO4. The fraction of sp³-hybridized carbons (Fsp3) is 0.0500. The summed E-state index contributed by atoms with van der Waals surface area (Å²) in [5.41, 5.74) is 2.03. The number of hydrogen-bond donors (Lipinski definition) is 1. The van der Waals surface area contributed by atoms with Gasteiger partial charge >= 0.3 is 0 Å². The van der Waals surface area contributed by atoms with Crippen molar-refractivity contribution in [3.8, 4) is 0 Å². The maximum atomic E-state index is 12.7. The summed E-state index contributed by atoms with van der Waals surface area (Å²) in [5.74, 6) is 1.56. The van der Waals surface area contributed by atoms with E-state index < -0.39 is 0 Å². The van der Waals surface area contributed by atoms with E-state index in [1.165, 1.54) is 6.26 Å². The van der Waals surface area contributed by atoms with Crippen molar-refractivity contribution in [1.82, 2.24) is 5.32 Å². The van der Waals surface area contributed by atoms with Crippen LogP contribution in [0, 0.1) is 0 Å². The maximum Gasteiger partial charge on any atom is 0.228 e. The first-order chi connectivity index (χ1) is 12.3. The molecule has 0 radical (unpaired) electrons. The molecule has 3 aromatic heterocycles. The van der Waals surface area contributed by atoms with Crippen LogP contribution in [0.1, 0.15) is 22.1 Å². The molecule has 0 amide bonds. The molecule has 0 atom stereocenters. The summed E-state index contributed by atoms with van der Waals surface area (Å²) < 4.78 is 16.2. The first-order valence-corrected chi connectivity index (χ1v) is 7.84. The quantitative estimate of drug-likeness (QED) is 0.679. The molecule has 0 bridgehead atoms. The van der Waals surface area contributed by atoms with Gasteiger partial charge in [0.25, 0.3) is 0 Å². The standard InChI is InChI=1S/C20H15NO4/c22-20(18-9-4-12-25-18)16-7-1-6-15(16)19(17-8-3-11-24-17)21-13-14-5-2-10-23-14/h1-12,21H,13H2/b19-15-. The molecule has 0 saturated carbocycles. The molecule has 3 aromatic rings. The van der Waals surface area contributed by atoms with Gasteiger partial charge in [-0.25, -0.2) is 0 Å². The summed E-state index contributed by atoms with van der Waals surface area (Å²) in [7, 11) is 0. The van der Waals surface area contributed by atoms with Crippen molar-refractivity contribution in [3.05, 3.63) is 102 Å². The highest BCUT2D eigenvalue weighted by Crippen LogP contribution is 2.30. The molecule has 1 N–H and O–H groups in total. The van der Waals surface area contributed by atoms with E-state index >= 15 is 0 Å². The molecule has 3 heterocycles. The van der Waals surface area contributed by atoms with Crippen molar-refractivity contribution in [1.29, 1.82) is 0 Å². The smallest absolute Gasteiger partial charge is 0.228 e. The summed E-state index contributed by atoms with van der Waals surface area (Å²) in [6.45, 7) is 0.475. The SMILES string of the molecule is O=C(C1=CC=C/C1=C(/NCc1ccco1)c1ccco1)c1ccco1. The highest BCUT2D eigenvalue weighted by molar-refractivity contribution is 6.12. The van der Waals surface area contributed by atoms with Crippen LogP contribution >= 0.6 is 0 Å². The van der Waals surface area contributed by atoms with Gasteiger partial charge in [0.1, 0.15) is 11.5 Å². The van der Waals surface area contributed by atoms with Gasteiger partial charge in [-0.15, -0.1) is 0 Å². The minimum Gasteiger partial charge on any atom is -0.467 e. The Bertz CT molecular complexity index is 940. The van der Waals surface area contributed by atoms with Crippen LogP contribution < -0.4 is 5.32 Å². The second kappa shape index (κ2) is 6.57. The molecule has 0 saturated heterocycles. The molecule has 0 aliphatic heterocycles. The Balaban J connectivity index is 1.70. The Morgan fingerprint density at radius 2 is 1.64 bits per heavy atom. The van der Waals surface area contributed by atoms with E-state index in [0.29, 0.717) is 23.6 Å². The normalized spacial score (nSPS) is 15.3. The molecule has 1 aliphatic rings. The number of rotatable bonds is 6. The molecule has 0 spiro atoms. The van der Waals surface area contributed by atoms with Gasteiger partial charge in [-0.1, -0.05) is 18.2 Å². The number of allylic oxidation sites excluding steroid dienone is 5. The first kappa shape index (κ1) is 15.1. The van der Waals surface area contributed by atoms with Crippen LogP contribution in [0.3, 0.4) is 0 Å². The van der Waals surface area contributed by atoms with Gasteiger partial charge in [-0.05, 0) is 36.4 Å². The summed E-state index contributed by atoms with van der Waals surface area (Å²) in [6, 6.07) is 10.7. The van der Waals surface area contributed by atoms with Crippen molar-refractivity contribution >= 4 is 11.5 Å².